The maximum atomic E-state index is 8.99. The number of nitrogens with zero attached hydrogens (tertiary/aromatic N) is 4. The summed E-state index contributed by atoms with van der Waals surface area (Å²) in [6.07, 6.45) is 1.49. The Hall–Kier alpha value is -3.14. The average Bonchev–Trinajstić information content (AvgIpc) is 3.24. The summed E-state index contributed by atoms with van der Waals surface area (Å²) < 4.78 is 10.9. The van der Waals surface area contributed by atoms with Crippen molar-refractivity contribution < 1.29 is 9.26 Å². The third-order valence-corrected chi connectivity index (χ3v) is 3.43. The van der Waals surface area contributed by atoms with Crippen LogP contribution >= 0.6 is 0 Å². The van der Waals surface area contributed by atoms with E-state index >= 15 is 0 Å². The van der Waals surface area contributed by atoms with Crippen molar-refractivity contribution in [3.05, 3.63) is 47.5 Å². The third kappa shape index (κ3) is 1.77. The van der Waals surface area contributed by atoms with Crippen LogP contribution in [0.5, 0.6) is 5.75 Å². The molecule has 3 aromatic rings. The van der Waals surface area contributed by atoms with Crippen LogP contribution < -0.4 is 4.74 Å². The molecule has 1 unspecified atom stereocenters. The summed E-state index contributed by atoms with van der Waals surface area (Å²) in [5.74, 6) is 1.60. The van der Waals surface area contributed by atoms with Crippen molar-refractivity contribution in [2.45, 2.75) is 5.92 Å². The lowest BCUT2D eigenvalue weighted by atomic mass is 10.0. The molecular formula is C14H9N5O2. The number of rotatable bonds is 2. The van der Waals surface area contributed by atoms with Crippen LogP contribution in [0, 0.1) is 11.3 Å². The summed E-state index contributed by atoms with van der Waals surface area (Å²) in [6, 6.07) is 9.78. The minimum Gasteiger partial charge on any atom is -0.492 e. The SMILES string of the molecule is N#Cc1[nH]ncc1-c1nc(C2COc3ccccc32)no1. The molecule has 0 aliphatic carbocycles. The van der Waals surface area contributed by atoms with Gasteiger partial charge in [0.05, 0.1) is 17.7 Å². The number of para-hydroxylation sites is 1. The smallest absolute Gasteiger partial charge is 0.262 e. The molecule has 7 heteroatoms. The molecule has 0 saturated heterocycles. The fourth-order valence-corrected chi connectivity index (χ4v) is 2.40. The van der Waals surface area contributed by atoms with Crippen LogP contribution in [-0.4, -0.2) is 26.9 Å². The lowest BCUT2D eigenvalue weighted by Gasteiger charge is -2.01. The number of aromatic nitrogens is 4. The van der Waals surface area contributed by atoms with Crippen LogP contribution in [0.15, 0.2) is 35.0 Å². The van der Waals surface area contributed by atoms with Gasteiger partial charge in [-0.3, -0.25) is 5.10 Å². The number of fused-ring (bicyclic) bond motifs is 1. The molecule has 1 N–H and O–H groups in total. The highest BCUT2D eigenvalue weighted by Gasteiger charge is 2.30. The van der Waals surface area contributed by atoms with E-state index < -0.39 is 0 Å². The second kappa shape index (κ2) is 4.45. The van der Waals surface area contributed by atoms with Crippen molar-refractivity contribution in [3.8, 4) is 23.3 Å². The van der Waals surface area contributed by atoms with E-state index in [1.165, 1.54) is 6.20 Å². The molecule has 21 heavy (non-hydrogen) atoms. The van der Waals surface area contributed by atoms with Crippen LogP contribution in [-0.2, 0) is 0 Å². The van der Waals surface area contributed by atoms with Gasteiger partial charge in [0.25, 0.3) is 5.89 Å². The predicted molar refractivity (Wildman–Crippen MR) is 70.4 cm³/mol. The fraction of sp³-hybridized carbons (Fsp3) is 0.143. The Morgan fingerprint density at radius 1 is 1.33 bits per heavy atom. The van der Waals surface area contributed by atoms with E-state index in [1.807, 2.05) is 30.3 Å². The standard InChI is InChI=1S/C14H9N5O2/c15-5-11-9(6-16-18-11)14-17-13(19-21-14)10-7-20-12-4-2-1-3-8(10)12/h1-4,6,10H,7H2,(H,16,18). The number of H-pyrrole nitrogens is 1. The second-order valence-electron chi connectivity index (χ2n) is 4.63. The number of nitriles is 1. The maximum absolute atomic E-state index is 8.99. The molecule has 1 atom stereocenters. The Labute approximate surface area is 119 Å². The van der Waals surface area contributed by atoms with Crippen LogP contribution in [0.1, 0.15) is 23.0 Å². The Morgan fingerprint density at radius 2 is 2.24 bits per heavy atom. The first-order chi connectivity index (χ1) is 10.4. The number of benzene rings is 1. The van der Waals surface area contributed by atoms with Gasteiger partial charge >= 0.3 is 0 Å². The van der Waals surface area contributed by atoms with Crippen molar-refractivity contribution in [1.29, 1.82) is 5.26 Å². The van der Waals surface area contributed by atoms with Crippen molar-refractivity contribution in [2.75, 3.05) is 6.61 Å². The average molecular weight is 279 g/mol. The van der Waals surface area contributed by atoms with Gasteiger partial charge in [0.2, 0.25) is 0 Å². The first-order valence-corrected chi connectivity index (χ1v) is 6.36. The van der Waals surface area contributed by atoms with Gasteiger partial charge in [0.1, 0.15) is 24.1 Å². The van der Waals surface area contributed by atoms with E-state index in [9.17, 15) is 0 Å². The van der Waals surface area contributed by atoms with Gasteiger partial charge in [-0.25, -0.2) is 0 Å². The summed E-state index contributed by atoms with van der Waals surface area (Å²) in [4.78, 5) is 4.37. The molecule has 0 amide bonds. The minimum atomic E-state index is -0.0591. The fourth-order valence-electron chi connectivity index (χ4n) is 2.40. The Bertz CT molecular complexity index is 845. The van der Waals surface area contributed by atoms with Crippen LogP contribution in [0.25, 0.3) is 11.5 Å². The Morgan fingerprint density at radius 3 is 3.14 bits per heavy atom. The maximum Gasteiger partial charge on any atom is 0.262 e. The highest BCUT2D eigenvalue weighted by atomic mass is 16.5. The van der Waals surface area contributed by atoms with Gasteiger partial charge in [-0.15, -0.1) is 0 Å². The van der Waals surface area contributed by atoms with E-state index in [0.717, 1.165) is 11.3 Å². The molecule has 1 aliphatic heterocycles. The molecule has 7 nitrogen and oxygen atoms in total. The van der Waals surface area contributed by atoms with Gasteiger partial charge in [-0.05, 0) is 6.07 Å². The van der Waals surface area contributed by atoms with E-state index in [-0.39, 0.29) is 11.8 Å². The van der Waals surface area contributed by atoms with Gasteiger partial charge in [0, 0.05) is 5.56 Å². The zero-order valence-corrected chi connectivity index (χ0v) is 10.8. The quantitative estimate of drug-likeness (QED) is 0.768. The van der Waals surface area contributed by atoms with Gasteiger partial charge < -0.3 is 9.26 Å². The lowest BCUT2D eigenvalue weighted by Crippen LogP contribution is -2.04. The molecule has 0 fully saturated rings. The van der Waals surface area contributed by atoms with E-state index in [0.29, 0.717) is 23.7 Å². The topological polar surface area (TPSA) is 101 Å². The predicted octanol–water partition coefficient (Wildman–Crippen LogP) is 1.86. The monoisotopic (exact) mass is 279 g/mol. The number of ether oxygens (including phenoxy) is 1. The molecule has 102 valence electrons. The number of hydrogen-bond acceptors (Lipinski definition) is 6. The van der Waals surface area contributed by atoms with E-state index in [1.54, 1.807) is 0 Å². The normalized spacial score (nSPS) is 16.2. The van der Waals surface area contributed by atoms with Crippen molar-refractivity contribution >= 4 is 0 Å². The van der Waals surface area contributed by atoms with Crippen LogP contribution in [0.4, 0.5) is 0 Å². The Balaban J connectivity index is 1.72. The number of aromatic amines is 1. The minimum absolute atomic E-state index is 0.0591. The molecule has 4 rings (SSSR count). The largest absolute Gasteiger partial charge is 0.492 e. The Kier molecular flexibility index (Phi) is 2.47. The zero-order chi connectivity index (χ0) is 14.2. The van der Waals surface area contributed by atoms with Crippen molar-refractivity contribution in [1.82, 2.24) is 20.3 Å². The summed E-state index contributed by atoms with van der Waals surface area (Å²) in [5, 5.41) is 19.4. The van der Waals surface area contributed by atoms with Gasteiger partial charge in [-0.2, -0.15) is 15.3 Å². The van der Waals surface area contributed by atoms with Crippen LogP contribution in [0.2, 0.25) is 0 Å². The summed E-state index contributed by atoms with van der Waals surface area (Å²) >= 11 is 0. The van der Waals surface area contributed by atoms with Crippen LogP contribution in [0.3, 0.4) is 0 Å². The van der Waals surface area contributed by atoms with Gasteiger partial charge in [-0.1, -0.05) is 23.4 Å². The summed E-state index contributed by atoms with van der Waals surface area (Å²) in [5.41, 5.74) is 1.84. The molecular weight excluding hydrogens is 270 g/mol. The molecule has 0 bridgehead atoms. The number of nitrogens with one attached hydrogen (secondary N) is 1. The zero-order valence-electron chi connectivity index (χ0n) is 10.8. The first kappa shape index (κ1) is 11.7. The van der Waals surface area contributed by atoms with Crippen molar-refractivity contribution in [2.24, 2.45) is 0 Å². The molecule has 0 radical (unpaired) electrons. The number of hydrogen-bond donors (Lipinski definition) is 1. The van der Waals surface area contributed by atoms with E-state index in [2.05, 4.69) is 20.3 Å². The van der Waals surface area contributed by atoms with E-state index in [4.69, 9.17) is 14.5 Å². The molecule has 1 aromatic carbocycles. The summed E-state index contributed by atoms with van der Waals surface area (Å²) in [6.45, 7) is 0.481. The van der Waals surface area contributed by atoms with Crippen molar-refractivity contribution in [3.63, 3.8) is 0 Å². The molecule has 1 aliphatic rings. The second-order valence-corrected chi connectivity index (χ2v) is 4.63. The molecule has 3 heterocycles. The molecule has 0 saturated carbocycles. The third-order valence-electron chi connectivity index (χ3n) is 3.43. The highest BCUT2D eigenvalue weighted by Crippen LogP contribution is 2.37. The molecule has 2 aromatic heterocycles. The first-order valence-electron chi connectivity index (χ1n) is 6.36. The highest BCUT2D eigenvalue weighted by molar-refractivity contribution is 5.59. The lowest BCUT2D eigenvalue weighted by molar-refractivity contribution is 0.334. The molecule has 0 spiro atoms. The van der Waals surface area contributed by atoms with Gasteiger partial charge in [0.15, 0.2) is 5.82 Å². The summed E-state index contributed by atoms with van der Waals surface area (Å²) in [7, 11) is 0.